The Balaban J connectivity index is 1.93. The van der Waals surface area contributed by atoms with Crippen LogP contribution in [0.1, 0.15) is 9.75 Å². The van der Waals surface area contributed by atoms with Gasteiger partial charge in [-0.3, -0.25) is 0 Å². The van der Waals surface area contributed by atoms with Gasteiger partial charge in [0.25, 0.3) is 0 Å². The van der Waals surface area contributed by atoms with Crippen molar-refractivity contribution in [2.24, 2.45) is 0 Å². The lowest BCUT2D eigenvalue weighted by atomic mass is 10.1. The molecule has 0 fully saturated rings. The minimum absolute atomic E-state index is 0.0231. The van der Waals surface area contributed by atoms with Crippen LogP contribution in [0.15, 0.2) is 76.3 Å². The van der Waals surface area contributed by atoms with Crippen LogP contribution in [0.5, 0.6) is 0 Å². The lowest BCUT2D eigenvalue weighted by Gasteiger charge is -2.14. The van der Waals surface area contributed by atoms with E-state index in [4.69, 9.17) is 0 Å². The molecule has 0 spiro atoms. The van der Waals surface area contributed by atoms with E-state index in [-0.39, 0.29) is 22.3 Å². The standard InChI is InChI=1S/C28H10BrN7S2/c29-21-3-1-2-4-22(21)36-23(27-9-7-25(37-27)19(15-34)17(11-30)12-31)5-6-24(36)28-10-8-26(38-28)20(16-35)18(13-32)14-33/h1-10H. The third-order valence-corrected chi connectivity index (χ3v) is 8.28. The average molecular weight is 588 g/mol. The molecule has 3 heterocycles. The number of nitrogens with zero attached hydrogens (tertiary/aromatic N) is 7. The maximum absolute atomic E-state index is 9.58. The molecule has 0 unspecified atom stereocenters. The molecular formula is C28H10BrN7S2. The molecule has 0 aliphatic heterocycles. The smallest absolute Gasteiger partial charge is 0.148 e. The fourth-order valence-corrected chi connectivity index (χ4v) is 6.18. The van der Waals surface area contributed by atoms with Gasteiger partial charge in [0.15, 0.2) is 0 Å². The number of hydrogen-bond donors (Lipinski definition) is 0. The van der Waals surface area contributed by atoms with Crippen LogP contribution in [0.4, 0.5) is 0 Å². The van der Waals surface area contributed by atoms with Crippen LogP contribution in [0.3, 0.4) is 0 Å². The van der Waals surface area contributed by atoms with Crippen LogP contribution in [0, 0.1) is 68.0 Å². The first-order chi connectivity index (χ1) is 18.5. The van der Waals surface area contributed by atoms with Gasteiger partial charge in [-0.2, -0.15) is 31.6 Å². The maximum Gasteiger partial charge on any atom is 0.148 e. The summed E-state index contributed by atoms with van der Waals surface area (Å²) in [6, 6.07) is 29.6. The van der Waals surface area contributed by atoms with Gasteiger partial charge in [0.05, 0.1) is 38.0 Å². The van der Waals surface area contributed by atoms with Gasteiger partial charge in [-0.05, 0) is 64.5 Å². The number of halogens is 1. The third kappa shape index (κ3) is 4.64. The molecule has 0 amide bonds. The summed E-state index contributed by atoms with van der Waals surface area (Å²) in [6.07, 6.45) is 0. The van der Waals surface area contributed by atoms with Crippen molar-refractivity contribution in [1.82, 2.24) is 4.57 Å². The number of allylic oxidation sites excluding steroid dienone is 4. The molecule has 0 aliphatic carbocycles. The normalized spacial score (nSPS) is 9.55. The summed E-state index contributed by atoms with van der Waals surface area (Å²) in [7, 11) is 0. The van der Waals surface area contributed by atoms with Gasteiger partial charge < -0.3 is 4.57 Å². The number of para-hydroxylation sites is 1. The molecule has 7 nitrogen and oxygen atoms in total. The first-order valence-electron chi connectivity index (χ1n) is 10.6. The Morgan fingerprint density at radius 3 is 1.42 bits per heavy atom. The molecular weight excluding hydrogens is 578 g/mol. The van der Waals surface area contributed by atoms with Gasteiger partial charge in [0, 0.05) is 14.2 Å². The summed E-state index contributed by atoms with van der Waals surface area (Å²) in [5.41, 5.74) is 2.00. The summed E-state index contributed by atoms with van der Waals surface area (Å²) in [4.78, 5) is 2.61. The quantitative estimate of drug-likeness (QED) is 0.223. The lowest BCUT2D eigenvalue weighted by molar-refractivity contribution is 1.09. The molecule has 1 aromatic carbocycles. The molecule has 10 heteroatoms. The van der Waals surface area contributed by atoms with Crippen LogP contribution in [-0.4, -0.2) is 4.57 Å². The van der Waals surface area contributed by atoms with E-state index in [2.05, 4.69) is 15.9 Å². The van der Waals surface area contributed by atoms with Crippen molar-refractivity contribution in [2.45, 2.75) is 0 Å². The predicted octanol–water partition coefficient (Wildman–Crippen LogP) is 7.35. The first-order valence-corrected chi connectivity index (χ1v) is 13.0. The molecule has 4 aromatic rings. The van der Waals surface area contributed by atoms with E-state index in [1.54, 1.807) is 36.4 Å². The van der Waals surface area contributed by atoms with Gasteiger partial charge in [-0.1, -0.05) is 12.1 Å². The van der Waals surface area contributed by atoms with Gasteiger partial charge in [0.2, 0.25) is 0 Å². The monoisotopic (exact) mass is 587 g/mol. The van der Waals surface area contributed by atoms with E-state index in [9.17, 15) is 31.6 Å². The highest BCUT2D eigenvalue weighted by Gasteiger charge is 2.20. The van der Waals surface area contributed by atoms with Gasteiger partial charge in [-0.25, -0.2) is 0 Å². The Kier molecular flexibility index (Phi) is 7.66. The Bertz CT molecular complexity index is 1760. The van der Waals surface area contributed by atoms with Gasteiger partial charge in [0.1, 0.15) is 47.6 Å². The summed E-state index contributed by atoms with van der Waals surface area (Å²) >= 11 is 6.20. The first kappa shape index (κ1) is 25.9. The Morgan fingerprint density at radius 2 is 1.03 bits per heavy atom. The van der Waals surface area contributed by atoms with E-state index in [0.717, 1.165) is 31.3 Å². The molecule has 0 radical (unpaired) electrons. The number of hydrogen-bond acceptors (Lipinski definition) is 8. The third-order valence-electron chi connectivity index (χ3n) is 5.35. The molecule has 0 atom stereocenters. The average Bonchev–Trinajstić information content (AvgIpc) is 3.70. The zero-order chi connectivity index (χ0) is 27.2. The zero-order valence-electron chi connectivity index (χ0n) is 19.1. The van der Waals surface area contributed by atoms with Crippen molar-refractivity contribution in [1.29, 1.82) is 31.6 Å². The zero-order valence-corrected chi connectivity index (χ0v) is 22.3. The second-order valence-electron chi connectivity index (χ2n) is 7.39. The van der Waals surface area contributed by atoms with E-state index < -0.39 is 0 Å². The highest BCUT2D eigenvalue weighted by molar-refractivity contribution is 9.10. The number of rotatable bonds is 5. The summed E-state index contributed by atoms with van der Waals surface area (Å²) in [5.74, 6) is 0. The van der Waals surface area contributed by atoms with Crippen molar-refractivity contribution >= 4 is 49.7 Å². The lowest BCUT2D eigenvalue weighted by Crippen LogP contribution is -1.98. The molecule has 4 rings (SSSR count). The van der Waals surface area contributed by atoms with E-state index >= 15 is 0 Å². The maximum atomic E-state index is 9.58. The number of aromatic nitrogens is 1. The Morgan fingerprint density at radius 1 is 0.579 bits per heavy atom. The van der Waals surface area contributed by atoms with Gasteiger partial charge in [-0.15, -0.1) is 22.7 Å². The SMILES string of the molecule is N#CC(C#N)=C(C#N)c1ccc(-c2ccc(-c3ccc(C(C#N)=C(C#N)C#N)s3)n2-c2ccccc2Br)s1. The molecule has 0 bridgehead atoms. The molecule has 3 aromatic heterocycles. The fourth-order valence-electron chi connectivity index (χ4n) is 3.68. The van der Waals surface area contributed by atoms with E-state index in [0.29, 0.717) is 9.75 Å². The second kappa shape index (κ2) is 11.2. The fraction of sp³-hybridized carbons (Fsp3) is 0. The van der Waals surface area contributed by atoms with Crippen LogP contribution in [0.2, 0.25) is 0 Å². The van der Waals surface area contributed by atoms with E-state index in [1.807, 2.05) is 65.2 Å². The topological polar surface area (TPSA) is 148 Å². The number of nitriles is 6. The molecule has 0 N–H and O–H groups in total. The summed E-state index contributed by atoms with van der Waals surface area (Å²) < 4.78 is 2.85. The highest BCUT2D eigenvalue weighted by Crippen LogP contribution is 2.41. The molecule has 0 saturated heterocycles. The Labute approximate surface area is 234 Å². The predicted molar refractivity (Wildman–Crippen MR) is 148 cm³/mol. The number of benzene rings is 1. The van der Waals surface area contributed by atoms with Crippen molar-refractivity contribution in [2.75, 3.05) is 0 Å². The van der Waals surface area contributed by atoms with Crippen molar-refractivity contribution in [3.8, 4) is 63.2 Å². The molecule has 38 heavy (non-hydrogen) atoms. The van der Waals surface area contributed by atoms with Crippen molar-refractivity contribution in [3.05, 3.63) is 86.0 Å². The number of thiophene rings is 2. The van der Waals surface area contributed by atoms with Crippen molar-refractivity contribution < 1.29 is 0 Å². The largest absolute Gasteiger partial charge is 0.307 e. The van der Waals surface area contributed by atoms with Crippen LogP contribution in [0.25, 0.3) is 38.0 Å². The second-order valence-corrected chi connectivity index (χ2v) is 10.4. The molecule has 0 saturated carbocycles. The van der Waals surface area contributed by atoms with E-state index in [1.165, 1.54) is 22.7 Å². The summed E-state index contributed by atoms with van der Waals surface area (Å²) in [5, 5.41) is 56.1. The van der Waals surface area contributed by atoms with Gasteiger partial charge >= 0.3 is 0 Å². The minimum Gasteiger partial charge on any atom is -0.307 e. The highest BCUT2D eigenvalue weighted by atomic mass is 79.9. The molecule has 0 aliphatic rings. The van der Waals surface area contributed by atoms with Crippen LogP contribution in [-0.2, 0) is 0 Å². The van der Waals surface area contributed by atoms with Crippen molar-refractivity contribution in [3.63, 3.8) is 0 Å². The summed E-state index contributed by atoms with van der Waals surface area (Å²) in [6.45, 7) is 0. The Hall–Kier alpha value is -5.20. The van der Waals surface area contributed by atoms with Crippen LogP contribution < -0.4 is 0 Å². The minimum atomic E-state index is -0.246. The van der Waals surface area contributed by atoms with Crippen LogP contribution >= 0.6 is 38.6 Å². The molecule has 176 valence electrons.